The standard InChI is InChI=1S/C17H24N2O3/c1-10(2)17(4,5)9-22-15-8-13-12(7-14(15)21-6)16(20)19-11(3)18-13/h7-8,10H,9H2,1-6H3,(H,18,19,20). The van der Waals surface area contributed by atoms with Crippen molar-refractivity contribution >= 4 is 10.9 Å². The van der Waals surface area contributed by atoms with Gasteiger partial charge in [0.1, 0.15) is 5.82 Å². The van der Waals surface area contributed by atoms with Gasteiger partial charge >= 0.3 is 0 Å². The maximum absolute atomic E-state index is 12.0. The minimum Gasteiger partial charge on any atom is -0.493 e. The van der Waals surface area contributed by atoms with E-state index < -0.39 is 0 Å². The predicted molar refractivity (Wildman–Crippen MR) is 87.8 cm³/mol. The first-order valence-corrected chi connectivity index (χ1v) is 7.46. The summed E-state index contributed by atoms with van der Waals surface area (Å²) >= 11 is 0. The highest BCUT2D eigenvalue weighted by Crippen LogP contribution is 2.33. The van der Waals surface area contributed by atoms with Crippen molar-refractivity contribution in [3.8, 4) is 11.5 Å². The first-order valence-electron chi connectivity index (χ1n) is 7.46. The SMILES string of the molecule is COc1cc2c(=O)[nH]c(C)nc2cc1OCC(C)(C)C(C)C. The summed E-state index contributed by atoms with van der Waals surface area (Å²) in [6, 6.07) is 3.45. The monoisotopic (exact) mass is 304 g/mol. The molecule has 0 aliphatic carbocycles. The maximum Gasteiger partial charge on any atom is 0.258 e. The number of ether oxygens (including phenoxy) is 2. The molecule has 1 heterocycles. The molecule has 0 spiro atoms. The molecule has 0 atom stereocenters. The quantitative estimate of drug-likeness (QED) is 0.920. The van der Waals surface area contributed by atoms with E-state index in [-0.39, 0.29) is 11.0 Å². The summed E-state index contributed by atoms with van der Waals surface area (Å²) in [6.07, 6.45) is 0. The van der Waals surface area contributed by atoms with Crippen LogP contribution in [0.1, 0.15) is 33.5 Å². The summed E-state index contributed by atoms with van der Waals surface area (Å²) in [5.41, 5.74) is 0.478. The fourth-order valence-corrected chi connectivity index (χ4v) is 1.97. The van der Waals surface area contributed by atoms with Crippen LogP contribution < -0.4 is 15.0 Å². The van der Waals surface area contributed by atoms with Crippen LogP contribution in [0.15, 0.2) is 16.9 Å². The minimum atomic E-state index is -0.171. The summed E-state index contributed by atoms with van der Waals surface area (Å²) in [5, 5.41) is 0.498. The van der Waals surface area contributed by atoms with Crippen LogP contribution in [0.5, 0.6) is 11.5 Å². The Kier molecular flexibility index (Phi) is 4.44. The van der Waals surface area contributed by atoms with Gasteiger partial charge < -0.3 is 14.5 Å². The van der Waals surface area contributed by atoms with Gasteiger partial charge in [-0.2, -0.15) is 0 Å². The predicted octanol–water partition coefficient (Wildman–Crippen LogP) is 3.30. The number of nitrogens with one attached hydrogen (secondary N) is 1. The number of aromatic amines is 1. The number of aromatic nitrogens is 2. The molecule has 1 aromatic heterocycles. The van der Waals surface area contributed by atoms with Crippen LogP contribution >= 0.6 is 0 Å². The number of fused-ring (bicyclic) bond motifs is 1. The van der Waals surface area contributed by atoms with E-state index in [4.69, 9.17) is 9.47 Å². The van der Waals surface area contributed by atoms with Crippen molar-refractivity contribution in [1.82, 2.24) is 9.97 Å². The molecule has 120 valence electrons. The molecular weight excluding hydrogens is 280 g/mol. The zero-order valence-corrected chi connectivity index (χ0v) is 14.1. The highest BCUT2D eigenvalue weighted by atomic mass is 16.5. The fourth-order valence-electron chi connectivity index (χ4n) is 1.97. The highest BCUT2D eigenvalue weighted by molar-refractivity contribution is 5.81. The van der Waals surface area contributed by atoms with E-state index in [1.165, 1.54) is 0 Å². The van der Waals surface area contributed by atoms with Gasteiger partial charge in [-0.1, -0.05) is 27.7 Å². The van der Waals surface area contributed by atoms with Crippen LogP contribution in [0, 0.1) is 18.3 Å². The van der Waals surface area contributed by atoms with Crippen molar-refractivity contribution in [2.75, 3.05) is 13.7 Å². The van der Waals surface area contributed by atoms with Gasteiger partial charge in [-0.15, -0.1) is 0 Å². The van der Waals surface area contributed by atoms with Gasteiger partial charge in [0.15, 0.2) is 11.5 Å². The molecule has 1 aromatic carbocycles. The number of nitrogens with zero attached hydrogens (tertiary/aromatic N) is 1. The van der Waals surface area contributed by atoms with E-state index in [0.717, 1.165) is 0 Å². The summed E-state index contributed by atoms with van der Waals surface area (Å²) in [7, 11) is 1.57. The van der Waals surface area contributed by atoms with Crippen molar-refractivity contribution in [3.05, 3.63) is 28.3 Å². The molecule has 1 N–H and O–H groups in total. The van der Waals surface area contributed by atoms with Crippen LogP contribution in [-0.4, -0.2) is 23.7 Å². The molecule has 0 aliphatic rings. The van der Waals surface area contributed by atoms with Crippen LogP contribution in [0.25, 0.3) is 10.9 Å². The summed E-state index contributed by atoms with van der Waals surface area (Å²) in [4.78, 5) is 19.0. The Morgan fingerprint density at radius 1 is 1.27 bits per heavy atom. The van der Waals surface area contributed by atoms with Gasteiger partial charge in [-0.25, -0.2) is 4.98 Å². The Morgan fingerprint density at radius 2 is 1.95 bits per heavy atom. The Labute approximate surface area is 130 Å². The zero-order chi connectivity index (χ0) is 16.5. The normalized spacial score (nSPS) is 12.0. The van der Waals surface area contributed by atoms with E-state index in [9.17, 15) is 4.79 Å². The fraction of sp³-hybridized carbons (Fsp3) is 0.529. The largest absolute Gasteiger partial charge is 0.493 e. The molecule has 0 saturated heterocycles. The van der Waals surface area contributed by atoms with Crippen molar-refractivity contribution in [2.24, 2.45) is 11.3 Å². The maximum atomic E-state index is 12.0. The lowest BCUT2D eigenvalue weighted by Crippen LogP contribution is -2.27. The number of benzene rings is 1. The molecule has 0 amide bonds. The van der Waals surface area contributed by atoms with Crippen molar-refractivity contribution in [3.63, 3.8) is 0 Å². The molecule has 0 fully saturated rings. The van der Waals surface area contributed by atoms with E-state index in [2.05, 4.69) is 37.7 Å². The highest BCUT2D eigenvalue weighted by Gasteiger charge is 2.24. The van der Waals surface area contributed by atoms with Gasteiger partial charge in [-0.05, 0) is 18.9 Å². The lowest BCUT2D eigenvalue weighted by molar-refractivity contribution is 0.127. The van der Waals surface area contributed by atoms with Gasteiger partial charge in [0.2, 0.25) is 0 Å². The molecular formula is C17H24N2O3. The smallest absolute Gasteiger partial charge is 0.258 e. The number of methoxy groups -OCH3 is 1. The number of hydrogen-bond acceptors (Lipinski definition) is 4. The van der Waals surface area contributed by atoms with E-state index in [0.29, 0.717) is 40.8 Å². The summed E-state index contributed by atoms with van der Waals surface area (Å²) < 4.78 is 11.3. The third-order valence-electron chi connectivity index (χ3n) is 4.27. The van der Waals surface area contributed by atoms with Gasteiger partial charge in [0, 0.05) is 11.5 Å². The molecule has 2 aromatic rings. The lowest BCUT2D eigenvalue weighted by Gasteiger charge is -2.29. The van der Waals surface area contributed by atoms with Crippen LogP contribution in [0.3, 0.4) is 0 Å². The van der Waals surface area contributed by atoms with Crippen LogP contribution in [0.2, 0.25) is 0 Å². The Hall–Kier alpha value is -2.04. The van der Waals surface area contributed by atoms with E-state index in [1.807, 2.05) is 0 Å². The minimum absolute atomic E-state index is 0.0392. The van der Waals surface area contributed by atoms with Gasteiger partial charge in [-0.3, -0.25) is 4.79 Å². The van der Waals surface area contributed by atoms with Crippen molar-refractivity contribution in [1.29, 1.82) is 0 Å². The average molecular weight is 304 g/mol. The first kappa shape index (κ1) is 16.3. The Balaban J connectivity index is 2.43. The summed E-state index contributed by atoms with van der Waals surface area (Å²) in [6.45, 7) is 11.0. The molecule has 5 nitrogen and oxygen atoms in total. The average Bonchev–Trinajstić information content (AvgIpc) is 2.44. The third-order valence-corrected chi connectivity index (χ3v) is 4.27. The molecule has 0 bridgehead atoms. The van der Waals surface area contributed by atoms with Gasteiger partial charge in [0.25, 0.3) is 5.56 Å². The molecule has 0 aliphatic heterocycles. The lowest BCUT2D eigenvalue weighted by atomic mass is 9.82. The Morgan fingerprint density at radius 3 is 2.55 bits per heavy atom. The molecule has 22 heavy (non-hydrogen) atoms. The number of rotatable bonds is 5. The molecule has 0 unspecified atom stereocenters. The Bertz CT molecular complexity index is 732. The molecule has 0 radical (unpaired) electrons. The molecule has 2 rings (SSSR count). The zero-order valence-electron chi connectivity index (χ0n) is 14.1. The molecule has 0 saturated carbocycles. The second-order valence-electron chi connectivity index (χ2n) is 6.60. The topological polar surface area (TPSA) is 64.2 Å². The second kappa shape index (κ2) is 5.99. The van der Waals surface area contributed by atoms with Gasteiger partial charge in [0.05, 0.1) is 24.6 Å². The van der Waals surface area contributed by atoms with Crippen LogP contribution in [-0.2, 0) is 0 Å². The second-order valence-corrected chi connectivity index (χ2v) is 6.60. The van der Waals surface area contributed by atoms with E-state index >= 15 is 0 Å². The van der Waals surface area contributed by atoms with Crippen molar-refractivity contribution in [2.45, 2.75) is 34.6 Å². The number of H-pyrrole nitrogens is 1. The number of aryl methyl sites for hydroxylation is 1. The first-order chi connectivity index (χ1) is 10.2. The number of hydrogen-bond donors (Lipinski definition) is 1. The van der Waals surface area contributed by atoms with E-state index in [1.54, 1.807) is 26.2 Å². The summed E-state index contributed by atoms with van der Waals surface area (Å²) in [5.74, 6) is 2.22. The van der Waals surface area contributed by atoms with Crippen molar-refractivity contribution < 1.29 is 9.47 Å². The molecule has 5 heteroatoms. The third kappa shape index (κ3) is 3.24. The van der Waals surface area contributed by atoms with Crippen LogP contribution in [0.4, 0.5) is 0 Å².